The number of fused-ring (bicyclic) bond motifs is 1. The van der Waals surface area contributed by atoms with Gasteiger partial charge in [-0.1, -0.05) is 11.6 Å². The first kappa shape index (κ1) is 22.2. The van der Waals surface area contributed by atoms with Crippen LogP contribution in [-0.4, -0.2) is 43.0 Å². The van der Waals surface area contributed by atoms with E-state index in [-0.39, 0.29) is 27.9 Å². The average Bonchev–Trinajstić information content (AvgIpc) is 3.41. The summed E-state index contributed by atoms with van der Waals surface area (Å²) in [6.07, 6.45) is 5.49. The van der Waals surface area contributed by atoms with Gasteiger partial charge in [0.25, 0.3) is 5.56 Å². The second-order valence-corrected chi connectivity index (χ2v) is 9.93. The lowest BCUT2D eigenvalue weighted by Crippen LogP contribution is -2.46. The maximum atomic E-state index is 15.1. The second kappa shape index (κ2) is 7.86. The van der Waals surface area contributed by atoms with E-state index in [4.69, 9.17) is 21.3 Å². The molecule has 4 heterocycles. The summed E-state index contributed by atoms with van der Waals surface area (Å²) in [5.74, 6) is 0.596. The Balaban J connectivity index is 1.53. The van der Waals surface area contributed by atoms with Crippen LogP contribution in [0.2, 0.25) is 5.02 Å². The third-order valence-electron chi connectivity index (χ3n) is 6.95. The fraction of sp³-hybridized carbons (Fsp3) is 0.360. The molecule has 0 amide bonds. The zero-order valence-electron chi connectivity index (χ0n) is 19.6. The Morgan fingerprint density at radius 2 is 2.00 bits per heavy atom. The number of nitrogens with zero attached hydrogens (tertiary/aromatic N) is 6. The molecular formula is C25H24ClFN6O2. The van der Waals surface area contributed by atoms with Gasteiger partial charge in [0.1, 0.15) is 34.8 Å². The maximum absolute atomic E-state index is 15.1. The number of aromatic nitrogens is 5. The topological polar surface area (TPSA) is 78.1 Å². The van der Waals surface area contributed by atoms with E-state index < -0.39 is 5.82 Å². The molecule has 8 nitrogen and oxygen atoms in total. The van der Waals surface area contributed by atoms with E-state index in [1.807, 2.05) is 19.4 Å². The average molecular weight is 495 g/mol. The van der Waals surface area contributed by atoms with Gasteiger partial charge in [-0.25, -0.2) is 14.4 Å². The number of hydrogen-bond acceptors (Lipinski definition) is 6. The van der Waals surface area contributed by atoms with E-state index in [0.717, 1.165) is 18.4 Å². The fourth-order valence-electron chi connectivity index (χ4n) is 4.76. The molecule has 1 atom stereocenters. The summed E-state index contributed by atoms with van der Waals surface area (Å²) in [6, 6.07) is 6.21. The van der Waals surface area contributed by atoms with Crippen molar-refractivity contribution < 1.29 is 9.13 Å². The minimum absolute atomic E-state index is 0.188. The predicted molar refractivity (Wildman–Crippen MR) is 131 cm³/mol. The molecule has 0 radical (unpaired) electrons. The van der Waals surface area contributed by atoms with Gasteiger partial charge >= 0.3 is 0 Å². The van der Waals surface area contributed by atoms with Crippen LogP contribution in [0.5, 0.6) is 0 Å². The Kier molecular flexibility index (Phi) is 4.98. The first-order valence-corrected chi connectivity index (χ1v) is 11.9. The van der Waals surface area contributed by atoms with Crippen LogP contribution >= 0.6 is 11.6 Å². The molecule has 2 aliphatic rings. The maximum Gasteiger partial charge on any atom is 0.261 e. The van der Waals surface area contributed by atoms with E-state index in [9.17, 15) is 4.79 Å². The largest absolute Gasteiger partial charge is 0.363 e. The fourth-order valence-corrected chi connectivity index (χ4v) is 4.91. The lowest BCUT2D eigenvalue weighted by Gasteiger charge is -2.39. The number of anilines is 1. The lowest BCUT2D eigenvalue weighted by molar-refractivity contribution is -0.0455. The molecule has 1 aliphatic carbocycles. The van der Waals surface area contributed by atoms with Gasteiger partial charge in [0.15, 0.2) is 0 Å². The highest BCUT2D eigenvalue weighted by molar-refractivity contribution is 6.30. The zero-order valence-corrected chi connectivity index (χ0v) is 20.4. The third-order valence-corrected chi connectivity index (χ3v) is 7.18. The Morgan fingerprint density at radius 1 is 1.20 bits per heavy atom. The highest BCUT2D eigenvalue weighted by Crippen LogP contribution is 2.48. The summed E-state index contributed by atoms with van der Waals surface area (Å²) in [4.78, 5) is 24.9. The number of benzene rings is 1. The molecule has 1 saturated carbocycles. The zero-order chi connectivity index (χ0) is 24.5. The summed E-state index contributed by atoms with van der Waals surface area (Å²) in [5.41, 5.74) is 1.47. The Hall–Kier alpha value is -3.30. The van der Waals surface area contributed by atoms with Gasteiger partial charge in [-0.3, -0.25) is 14.0 Å². The van der Waals surface area contributed by atoms with Crippen molar-refractivity contribution >= 4 is 28.3 Å². The van der Waals surface area contributed by atoms with Crippen molar-refractivity contribution in [3.63, 3.8) is 0 Å². The Morgan fingerprint density at radius 3 is 2.69 bits per heavy atom. The minimum atomic E-state index is -0.516. The van der Waals surface area contributed by atoms with E-state index in [1.165, 1.54) is 10.6 Å². The Bertz CT molecular complexity index is 1540. The molecule has 4 aromatic rings. The van der Waals surface area contributed by atoms with Crippen LogP contribution in [0.3, 0.4) is 0 Å². The van der Waals surface area contributed by atoms with Crippen LogP contribution in [-0.2, 0) is 18.8 Å². The molecule has 6 rings (SSSR count). The lowest BCUT2D eigenvalue weighted by atomic mass is 10.1. The molecule has 1 spiro atoms. The minimum Gasteiger partial charge on any atom is -0.363 e. The second-order valence-electron chi connectivity index (χ2n) is 9.49. The van der Waals surface area contributed by atoms with Crippen molar-refractivity contribution in [1.29, 1.82) is 0 Å². The SMILES string of the molecule is Cc1nc2c(-c3ccc(Cl)cc3F)nc(N3CC(c4cnn(C)c4)OC4(CC4)C3)cc2c(=O)n1C. The number of aryl methyl sites for hydroxylation is 2. The first-order chi connectivity index (χ1) is 16.7. The van der Waals surface area contributed by atoms with Crippen LogP contribution < -0.4 is 10.5 Å². The van der Waals surface area contributed by atoms with Crippen LogP contribution in [0.25, 0.3) is 22.2 Å². The normalized spacial score (nSPS) is 19.0. The molecule has 10 heteroatoms. The van der Waals surface area contributed by atoms with E-state index in [1.54, 1.807) is 36.9 Å². The smallest absolute Gasteiger partial charge is 0.261 e. The first-order valence-electron chi connectivity index (χ1n) is 11.5. The van der Waals surface area contributed by atoms with Crippen LogP contribution in [0, 0.1) is 12.7 Å². The monoisotopic (exact) mass is 494 g/mol. The summed E-state index contributed by atoms with van der Waals surface area (Å²) >= 11 is 6.00. The van der Waals surface area contributed by atoms with Gasteiger partial charge in [-0.2, -0.15) is 5.10 Å². The van der Waals surface area contributed by atoms with Crippen molar-refractivity contribution in [3.05, 3.63) is 69.2 Å². The molecule has 1 aliphatic heterocycles. The molecule has 3 aromatic heterocycles. The van der Waals surface area contributed by atoms with E-state index in [0.29, 0.717) is 41.3 Å². The van der Waals surface area contributed by atoms with E-state index >= 15 is 4.39 Å². The van der Waals surface area contributed by atoms with Gasteiger partial charge in [0.05, 0.1) is 23.7 Å². The molecule has 35 heavy (non-hydrogen) atoms. The third kappa shape index (κ3) is 3.79. The van der Waals surface area contributed by atoms with Gasteiger partial charge < -0.3 is 9.64 Å². The van der Waals surface area contributed by atoms with Gasteiger partial charge in [-0.15, -0.1) is 0 Å². The van der Waals surface area contributed by atoms with Crippen molar-refractivity contribution in [2.75, 3.05) is 18.0 Å². The van der Waals surface area contributed by atoms with Crippen molar-refractivity contribution in [2.24, 2.45) is 14.1 Å². The summed E-state index contributed by atoms with van der Waals surface area (Å²) < 4.78 is 24.8. The van der Waals surface area contributed by atoms with Crippen LogP contribution in [0.15, 0.2) is 41.5 Å². The van der Waals surface area contributed by atoms with Crippen LogP contribution in [0.4, 0.5) is 10.2 Å². The van der Waals surface area contributed by atoms with Crippen molar-refractivity contribution in [2.45, 2.75) is 31.5 Å². The number of ether oxygens (including phenoxy) is 1. The van der Waals surface area contributed by atoms with Crippen molar-refractivity contribution in [3.8, 4) is 11.3 Å². The van der Waals surface area contributed by atoms with Gasteiger partial charge in [-0.05, 0) is 44.0 Å². The molecule has 0 bridgehead atoms. The quantitative estimate of drug-likeness (QED) is 0.429. The Labute approximate surface area is 205 Å². The molecular weight excluding hydrogens is 471 g/mol. The summed E-state index contributed by atoms with van der Waals surface area (Å²) in [5, 5.41) is 4.97. The standard InChI is InChI=1S/C25H24ClFN6O2/c1-14-29-23-18(24(34)32(14)3)9-21(30-22(23)17-5-4-16(26)8-19(17)27)33-12-20(15-10-28-31(2)11-15)35-25(13-33)6-7-25/h4-5,8-11,20H,6-7,12-13H2,1-3H3. The molecule has 1 saturated heterocycles. The molecule has 180 valence electrons. The molecule has 1 unspecified atom stereocenters. The number of morpholine rings is 1. The number of pyridine rings is 1. The molecule has 0 N–H and O–H groups in total. The molecule has 1 aromatic carbocycles. The highest BCUT2D eigenvalue weighted by Gasteiger charge is 2.51. The summed E-state index contributed by atoms with van der Waals surface area (Å²) in [7, 11) is 3.55. The molecule has 2 fully saturated rings. The summed E-state index contributed by atoms with van der Waals surface area (Å²) in [6.45, 7) is 2.92. The van der Waals surface area contributed by atoms with E-state index in [2.05, 4.69) is 15.0 Å². The highest BCUT2D eigenvalue weighted by atomic mass is 35.5. The van der Waals surface area contributed by atoms with Crippen LogP contribution in [0.1, 0.15) is 30.3 Å². The number of rotatable bonds is 3. The van der Waals surface area contributed by atoms with Gasteiger partial charge in [0.2, 0.25) is 0 Å². The number of halogens is 2. The van der Waals surface area contributed by atoms with Gasteiger partial charge in [0, 0.05) is 43.0 Å². The van der Waals surface area contributed by atoms with Crippen molar-refractivity contribution in [1.82, 2.24) is 24.3 Å². The number of hydrogen-bond donors (Lipinski definition) is 0. The predicted octanol–water partition coefficient (Wildman–Crippen LogP) is 3.94.